The maximum absolute atomic E-state index is 12.3. The summed E-state index contributed by atoms with van der Waals surface area (Å²) < 4.78 is 5.19. The molecule has 1 aliphatic heterocycles. The Morgan fingerprint density at radius 3 is 2.65 bits per heavy atom. The molecule has 1 heterocycles. The molecule has 1 atom stereocenters. The second-order valence-corrected chi connectivity index (χ2v) is 5.30. The second kappa shape index (κ2) is 9.37. The summed E-state index contributed by atoms with van der Waals surface area (Å²) in [5, 5.41) is 8.89. The summed E-state index contributed by atoms with van der Waals surface area (Å²) in [7, 11) is 1.56. The third-order valence-electron chi connectivity index (χ3n) is 3.71. The molecule has 2 amide bonds. The highest BCUT2D eigenvalue weighted by Gasteiger charge is 2.21. The average molecular weight is 342 g/mol. The molecular formula is C16H24ClN3O3. The Labute approximate surface area is 142 Å². The molecule has 1 aromatic carbocycles. The van der Waals surface area contributed by atoms with E-state index in [1.54, 1.807) is 32.2 Å². The molecular weight excluding hydrogens is 318 g/mol. The number of piperidine rings is 1. The Balaban J connectivity index is 0.00000264. The predicted molar refractivity (Wildman–Crippen MR) is 93.4 cm³/mol. The summed E-state index contributed by atoms with van der Waals surface area (Å²) in [6.07, 6.45) is 3.35. The van der Waals surface area contributed by atoms with Gasteiger partial charge in [0.1, 0.15) is 5.75 Å². The van der Waals surface area contributed by atoms with E-state index in [0.29, 0.717) is 23.5 Å². The van der Waals surface area contributed by atoms with Gasteiger partial charge in [0.2, 0.25) is 11.8 Å². The smallest absolute Gasteiger partial charge is 0.241 e. The highest BCUT2D eigenvalue weighted by molar-refractivity contribution is 6.01. The van der Waals surface area contributed by atoms with Crippen LogP contribution in [0.25, 0.3) is 0 Å². The van der Waals surface area contributed by atoms with E-state index < -0.39 is 0 Å². The van der Waals surface area contributed by atoms with E-state index in [1.807, 2.05) is 0 Å². The molecule has 1 aromatic rings. The first-order valence-electron chi connectivity index (χ1n) is 7.66. The summed E-state index contributed by atoms with van der Waals surface area (Å²) in [5.41, 5.74) is 1.13. The molecule has 0 aromatic heterocycles. The van der Waals surface area contributed by atoms with Crippen LogP contribution in [0, 0.1) is 0 Å². The third-order valence-corrected chi connectivity index (χ3v) is 3.71. The van der Waals surface area contributed by atoms with Gasteiger partial charge < -0.3 is 20.7 Å². The first-order chi connectivity index (χ1) is 10.6. The van der Waals surface area contributed by atoms with Crippen molar-refractivity contribution in [2.45, 2.75) is 38.6 Å². The van der Waals surface area contributed by atoms with E-state index in [4.69, 9.17) is 4.74 Å². The molecule has 128 valence electrons. The predicted octanol–water partition coefficient (Wildman–Crippen LogP) is 2.55. The molecule has 2 rings (SSSR count). The molecule has 3 N–H and O–H groups in total. The molecule has 1 saturated heterocycles. The number of rotatable bonds is 5. The van der Waals surface area contributed by atoms with Gasteiger partial charge in [-0.25, -0.2) is 0 Å². The van der Waals surface area contributed by atoms with Crippen LogP contribution in [0.4, 0.5) is 11.4 Å². The minimum atomic E-state index is -0.185. The highest BCUT2D eigenvalue weighted by Crippen LogP contribution is 2.27. The average Bonchev–Trinajstić information content (AvgIpc) is 2.56. The monoisotopic (exact) mass is 341 g/mol. The zero-order valence-electron chi connectivity index (χ0n) is 13.5. The first-order valence-corrected chi connectivity index (χ1v) is 7.66. The molecule has 23 heavy (non-hydrogen) atoms. The standard InChI is InChI=1S/C16H23N3O3.ClH/c1-3-15(20)18-12-8-7-11(22-2)10-14(12)19-16(21)13-6-4-5-9-17-13;/h7-8,10,13,17H,3-6,9H2,1-2H3,(H,18,20)(H,19,21);1H/t13-;/m1./s1. The molecule has 0 unspecified atom stereocenters. The number of hydrogen-bond acceptors (Lipinski definition) is 4. The van der Waals surface area contributed by atoms with Gasteiger partial charge in [-0.3, -0.25) is 9.59 Å². The molecule has 0 spiro atoms. The van der Waals surface area contributed by atoms with Crippen LogP contribution in [-0.4, -0.2) is 31.5 Å². The van der Waals surface area contributed by atoms with Crippen molar-refractivity contribution in [3.8, 4) is 5.75 Å². The highest BCUT2D eigenvalue weighted by atomic mass is 35.5. The van der Waals surface area contributed by atoms with E-state index in [9.17, 15) is 9.59 Å². The third kappa shape index (κ3) is 5.41. The number of carbonyl (C=O) groups is 2. The maximum atomic E-state index is 12.3. The quantitative estimate of drug-likeness (QED) is 0.769. The first kappa shape index (κ1) is 19.3. The lowest BCUT2D eigenvalue weighted by Gasteiger charge is -2.23. The van der Waals surface area contributed by atoms with E-state index in [-0.39, 0.29) is 30.3 Å². The Hall–Kier alpha value is -1.79. The molecule has 0 bridgehead atoms. The lowest BCUT2D eigenvalue weighted by atomic mass is 10.0. The van der Waals surface area contributed by atoms with Gasteiger partial charge >= 0.3 is 0 Å². The molecule has 1 fully saturated rings. The number of nitrogens with one attached hydrogen (secondary N) is 3. The second-order valence-electron chi connectivity index (χ2n) is 5.30. The lowest BCUT2D eigenvalue weighted by molar-refractivity contribution is -0.118. The largest absolute Gasteiger partial charge is 0.497 e. The van der Waals surface area contributed by atoms with Crippen LogP contribution in [0.1, 0.15) is 32.6 Å². The number of ether oxygens (including phenoxy) is 1. The van der Waals surface area contributed by atoms with Gasteiger partial charge in [0.25, 0.3) is 0 Å². The summed E-state index contributed by atoms with van der Waals surface area (Å²) in [4.78, 5) is 24.0. The van der Waals surface area contributed by atoms with E-state index >= 15 is 0 Å². The van der Waals surface area contributed by atoms with E-state index in [2.05, 4.69) is 16.0 Å². The Morgan fingerprint density at radius 2 is 2.04 bits per heavy atom. The van der Waals surface area contributed by atoms with Crippen molar-refractivity contribution in [1.29, 1.82) is 0 Å². The number of amides is 2. The molecule has 0 saturated carbocycles. The number of halogens is 1. The van der Waals surface area contributed by atoms with Gasteiger partial charge in [-0.2, -0.15) is 0 Å². The minimum Gasteiger partial charge on any atom is -0.497 e. The minimum absolute atomic E-state index is 0. The van der Waals surface area contributed by atoms with Crippen LogP contribution < -0.4 is 20.7 Å². The van der Waals surface area contributed by atoms with E-state index in [1.165, 1.54) is 0 Å². The van der Waals surface area contributed by atoms with Gasteiger partial charge in [0, 0.05) is 12.5 Å². The van der Waals surface area contributed by atoms with Crippen molar-refractivity contribution in [3.63, 3.8) is 0 Å². The SMILES string of the molecule is CCC(=O)Nc1ccc(OC)cc1NC(=O)[C@H]1CCCCN1.Cl. The number of hydrogen-bond donors (Lipinski definition) is 3. The molecule has 1 aliphatic rings. The number of methoxy groups -OCH3 is 1. The molecule has 6 nitrogen and oxygen atoms in total. The van der Waals surface area contributed by atoms with E-state index in [0.717, 1.165) is 25.8 Å². The van der Waals surface area contributed by atoms with Crippen molar-refractivity contribution < 1.29 is 14.3 Å². The maximum Gasteiger partial charge on any atom is 0.241 e. The van der Waals surface area contributed by atoms with Crippen LogP contribution in [0.5, 0.6) is 5.75 Å². The topological polar surface area (TPSA) is 79.5 Å². The van der Waals surface area contributed by atoms with Crippen LogP contribution in [0.3, 0.4) is 0 Å². The summed E-state index contributed by atoms with van der Waals surface area (Å²) in [6, 6.07) is 5.01. The summed E-state index contributed by atoms with van der Waals surface area (Å²) in [5.74, 6) is 0.442. The zero-order valence-corrected chi connectivity index (χ0v) is 14.3. The van der Waals surface area contributed by atoms with Gasteiger partial charge in [-0.1, -0.05) is 13.3 Å². The Kier molecular flexibility index (Phi) is 7.85. The van der Waals surface area contributed by atoms with Gasteiger partial charge in [0.05, 0.1) is 24.5 Å². The number of carbonyl (C=O) groups excluding carboxylic acids is 2. The van der Waals surface area contributed by atoms with Crippen molar-refractivity contribution in [2.75, 3.05) is 24.3 Å². The van der Waals surface area contributed by atoms with Crippen molar-refractivity contribution in [2.24, 2.45) is 0 Å². The fourth-order valence-corrected chi connectivity index (χ4v) is 2.40. The zero-order chi connectivity index (χ0) is 15.9. The van der Waals surface area contributed by atoms with Crippen LogP contribution >= 0.6 is 12.4 Å². The van der Waals surface area contributed by atoms with Crippen LogP contribution in [0.2, 0.25) is 0 Å². The molecule has 0 radical (unpaired) electrons. The normalized spacial score (nSPS) is 16.9. The fraction of sp³-hybridized carbons (Fsp3) is 0.500. The summed E-state index contributed by atoms with van der Waals surface area (Å²) >= 11 is 0. The van der Waals surface area contributed by atoms with Gasteiger partial charge in [0.15, 0.2) is 0 Å². The Morgan fingerprint density at radius 1 is 1.26 bits per heavy atom. The number of benzene rings is 1. The fourth-order valence-electron chi connectivity index (χ4n) is 2.40. The van der Waals surface area contributed by atoms with Crippen LogP contribution in [0.15, 0.2) is 18.2 Å². The summed E-state index contributed by atoms with van der Waals surface area (Å²) in [6.45, 7) is 2.64. The van der Waals surface area contributed by atoms with Gasteiger partial charge in [-0.15, -0.1) is 12.4 Å². The number of anilines is 2. The molecule has 0 aliphatic carbocycles. The van der Waals surface area contributed by atoms with Crippen molar-refractivity contribution >= 4 is 35.6 Å². The lowest BCUT2D eigenvalue weighted by Crippen LogP contribution is -2.43. The van der Waals surface area contributed by atoms with Crippen LogP contribution in [-0.2, 0) is 9.59 Å². The Bertz CT molecular complexity index is 545. The van der Waals surface area contributed by atoms with Crippen molar-refractivity contribution in [3.05, 3.63) is 18.2 Å². The van der Waals surface area contributed by atoms with Gasteiger partial charge in [-0.05, 0) is 31.5 Å². The molecule has 7 heteroatoms. The van der Waals surface area contributed by atoms with Crippen molar-refractivity contribution in [1.82, 2.24) is 5.32 Å².